The predicted molar refractivity (Wildman–Crippen MR) is 83.7 cm³/mol. The van der Waals surface area contributed by atoms with E-state index in [1.165, 1.54) is 5.56 Å². The third-order valence-electron chi connectivity index (χ3n) is 3.84. The molecular formula is C16H22ClN3. The van der Waals surface area contributed by atoms with Gasteiger partial charge in [0.1, 0.15) is 5.82 Å². The summed E-state index contributed by atoms with van der Waals surface area (Å²) in [4.78, 5) is 4.36. The van der Waals surface area contributed by atoms with Gasteiger partial charge in [0.05, 0.1) is 6.54 Å². The summed E-state index contributed by atoms with van der Waals surface area (Å²) in [6.07, 6.45) is 4.93. The largest absolute Gasteiger partial charge is 0.337 e. The van der Waals surface area contributed by atoms with Crippen molar-refractivity contribution in [3.8, 4) is 0 Å². The zero-order valence-electron chi connectivity index (χ0n) is 12.3. The minimum Gasteiger partial charge on any atom is -0.337 e. The highest BCUT2D eigenvalue weighted by Crippen LogP contribution is 2.25. The summed E-state index contributed by atoms with van der Waals surface area (Å²) in [5.41, 5.74) is 1.28. The first kappa shape index (κ1) is 15.1. The number of hydrogen-bond donors (Lipinski definition) is 1. The summed E-state index contributed by atoms with van der Waals surface area (Å²) in [6.45, 7) is 5.25. The lowest BCUT2D eigenvalue weighted by Crippen LogP contribution is -2.27. The van der Waals surface area contributed by atoms with Gasteiger partial charge in [0, 0.05) is 30.5 Å². The Balaban J connectivity index is 2.12. The van der Waals surface area contributed by atoms with Crippen molar-refractivity contribution in [2.45, 2.75) is 32.9 Å². The zero-order valence-corrected chi connectivity index (χ0v) is 13.1. The molecule has 0 aliphatic heterocycles. The van der Waals surface area contributed by atoms with Crippen molar-refractivity contribution in [3.63, 3.8) is 0 Å². The minimum atomic E-state index is 0.314. The second-order valence-electron chi connectivity index (χ2n) is 5.25. The highest BCUT2D eigenvalue weighted by molar-refractivity contribution is 6.30. The van der Waals surface area contributed by atoms with Crippen molar-refractivity contribution in [2.24, 2.45) is 13.0 Å². The molecule has 1 aromatic heterocycles. The fraction of sp³-hybridized carbons (Fsp3) is 0.438. The molecule has 2 aromatic rings. The van der Waals surface area contributed by atoms with Crippen molar-refractivity contribution in [1.29, 1.82) is 0 Å². The van der Waals surface area contributed by atoms with Gasteiger partial charge in [-0.2, -0.15) is 0 Å². The van der Waals surface area contributed by atoms with Gasteiger partial charge in [-0.1, -0.05) is 44.0 Å². The van der Waals surface area contributed by atoms with Crippen molar-refractivity contribution in [2.75, 3.05) is 0 Å². The number of aromatic nitrogens is 2. The number of rotatable bonds is 6. The molecule has 0 radical (unpaired) electrons. The van der Waals surface area contributed by atoms with Crippen molar-refractivity contribution in [3.05, 3.63) is 53.1 Å². The van der Waals surface area contributed by atoms with E-state index in [9.17, 15) is 0 Å². The van der Waals surface area contributed by atoms with Crippen LogP contribution in [-0.2, 0) is 13.6 Å². The normalized spacial score (nSPS) is 14.2. The lowest BCUT2D eigenvalue weighted by molar-refractivity contribution is 0.370. The molecule has 4 heteroatoms. The Morgan fingerprint density at radius 1 is 1.30 bits per heavy atom. The Morgan fingerprint density at radius 3 is 2.55 bits per heavy atom. The van der Waals surface area contributed by atoms with Crippen LogP contribution in [-0.4, -0.2) is 9.55 Å². The fourth-order valence-electron chi connectivity index (χ4n) is 2.32. The predicted octanol–water partition coefficient (Wildman–Crippen LogP) is 3.95. The van der Waals surface area contributed by atoms with Crippen LogP contribution in [0.5, 0.6) is 0 Å². The molecule has 1 aromatic carbocycles. The Bertz CT molecular complexity index is 533. The Morgan fingerprint density at radius 2 is 2.00 bits per heavy atom. The quantitative estimate of drug-likeness (QED) is 0.873. The molecule has 0 aliphatic rings. The van der Waals surface area contributed by atoms with Gasteiger partial charge in [0.25, 0.3) is 0 Å². The lowest BCUT2D eigenvalue weighted by atomic mass is 9.92. The van der Waals surface area contributed by atoms with E-state index >= 15 is 0 Å². The summed E-state index contributed by atoms with van der Waals surface area (Å²) in [7, 11) is 2.02. The number of imidazole rings is 1. The molecule has 0 saturated carbocycles. The average molecular weight is 292 g/mol. The van der Waals surface area contributed by atoms with Crippen LogP contribution in [0.2, 0.25) is 5.02 Å². The topological polar surface area (TPSA) is 29.9 Å². The van der Waals surface area contributed by atoms with E-state index in [1.807, 2.05) is 36.1 Å². The maximum Gasteiger partial charge on any atom is 0.122 e. The Labute approximate surface area is 126 Å². The van der Waals surface area contributed by atoms with Gasteiger partial charge >= 0.3 is 0 Å². The van der Waals surface area contributed by atoms with Gasteiger partial charge < -0.3 is 9.88 Å². The number of halogens is 1. The zero-order chi connectivity index (χ0) is 14.5. The van der Waals surface area contributed by atoms with Crippen LogP contribution in [0.3, 0.4) is 0 Å². The maximum absolute atomic E-state index is 5.98. The van der Waals surface area contributed by atoms with Gasteiger partial charge in [-0.3, -0.25) is 0 Å². The summed E-state index contributed by atoms with van der Waals surface area (Å²) < 4.78 is 2.04. The monoisotopic (exact) mass is 291 g/mol. The third-order valence-corrected chi connectivity index (χ3v) is 4.10. The molecule has 1 heterocycles. The second-order valence-corrected chi connectivity index (χ2v) is 5.69. The lowest BCUT2D eigenvalue weighted by Gasteiger charge is -2.25. The van der Waals surface area contributed by atoms with Gasteiger partial charge in [-0.15, -0.1) is 0 Å². The highest BCUT2D eigenvalue weighted by Gasteiger charge is 2.18. The number of benzene rings is 1. The minimum absolute atomic E-state index is 0.314. The first-order valence-corrected chi connectivity index (χ1v) is 7.44. The smallest absolute Gasteiger partial charge is 0.122 e. The molecule has 1 N–H and O–H groups in total. The molecule has 108 valence electrons. The molecule has 0 saturated heterocycles. The molecule has 0 fully saturated rings. The van der Waals surface area contributed by atoms with Gasteiger partial charge in [-0.25, -0.2) is 4.98 Å². The molecule has 2 atom stereocenters. The molecule has 2 rings (SSSR count). The average Bonchev–Trinajstić information content (AvgIpc) is 2.86. The molecule has 0 bridgehead atoms. The van der Waals surface area contributed by atoms with Crippen LogP contribution < -0.4 is 5.32 Å². The molecular weight excluding hydrogens is 270 g/mol. The van der Waals surface area contributed by atoms with E-state index in [0.717, 1.165) is 23.8 Å². The first-order valence-electron chi connectivity index (χ1n) is 7.07. The SMILES string of the molecule is CC[C@@H](C)[C@@H](NCc1nccn1C)c1ccc(Cl)cc1. The van der Waals surface area contributed by atoms with E-state index in [1.54, 1.807) is 0 Å². The van der Waals surface area contributed by atoms with E-state index < -0.39 is 0 Å². The number of nitrogens with one attached hydrogen (secondary N) is 1. The van der Waals surface area contributed by atoms with Crippen LogP contribution in [0.1, 0.15) is 37.7 Å². The molecule has 0 amide bonds. The van der Waals surface area contributed by atoms with Crippen LogP contribution in [0, 0.1) is 5.92 Å². The van der Waals surface area contributed by atoms with Gasteiger partial charge in [-0.05, 0) is 23.6 Å². The number of hydrogen-bond acceptors (Lipinski definition) is 2. The van der Waals surface area contributed by atoms with Crippen molar-refractivity contribution >= 4 is 11.6 Å². The summed E-state index contributed by atoms with van der Waals surface area (Å²) in [5, 5.41) is 4.40. The van der Waals surface area contributed by atoms with E-state index in [-0.39, 0.29) is 0 Å². The summed E-state index contributed by atoms with van der Waals surface area (Å²) in [6, 6.07) is 8.42. The van der Waals surface area contributed by atoms with E-state index in [2.05, 4.69) is 36.3 Å². The maximum atomic E-state index is 5.98. The van der Waals surface area contributed by atoms with Crippen LogP contribution >= 0.6 is 11.6 Å². The van der Waals surface area contributed by atoms with Crippen molar-refractivity contribution < 1.29 is 0 Å². The molecule has 0 spiro atoms. The molecule has 3 nitrogen and oxygen atoms in total. The summed E-state index contributed by atoms with van der Waals surface area (Å²) >= 11 is 5.98. The second kappa shape index (κ2) is 6.91. The fourth-order valence-corrected chi connectivity index (χ4v) is 2.45. The van der Waals surface area contributed by atoms with Crippen molar-refractivity contribution in [1.82, 2.24) is 14.9 Å². The van der Waals surface area contributed by atoms with Crippen LogP contribution in [0.25, 0.3) is 0 Å². The van der Waals surface area contributed by atoms with E-state index in [4.69, 9.17) is 11.6 Å². The molecule has 0 aliphatic carbocycles. The molecule has 0 unspecified atom stereocenters. The first-order chi connectivity index (χ1) is 9.61. The van der Waals surface area contributed by atoms with Gasteiger partial charge in [0.15, 0.2) is 0 Å². The summed E-state index contributed by atoms with van der Waals surface area (Å²) in [5.74, 6) is 1.60. The number of aryl methyl sites for hydroxylation is 1. The Hall–Kier alpha value is -1.32. The molecule has 20 heavy (non-hydrogen) atoms. The standard InChI is InChI=1S/C16H22ClN3/c1-4-12(2)16(13-5-7-14(17)8-6-13)19-11-15-18-9-10-20(15)3/h5-10,12,16,19H,4,11H2,1-3H3/t12-,16-/m1/s1. The van der Waals surface area contributed by atoms with E-state index in [0.29, 0.717) is 12.0 Å². The number of nitrogens with zero attached hydrogens (tertiary/aromatic N) is 2. The van der Waals surface area contributed by atoms with Gasteiger partial charge in [0.2, 0.25) is 0 Å². The third kappa shape index (κ3) is 3.62. The highest BCUT2D eigenvalue weighted by atomic mass is 35.5. The Kier molecular flexibility index (Phi) is 5.21. The van der Waals surface area contributed by atoms with Crippen LogP contribution in [0.15, 0.2) is 36.7 Å². The van der Waals surface area contributed by atoms with Crippen LogP contribution in [0.4, 0.5) is 0 Å².